The molecule has 0 aliphatic carbocycles. The van der Waals surface area contributed by atoms with Crippen LogP contribution in [0.15, 0.2) is 30.5 Å². The summed E-state index contributed by atoms with van der Waals surface area (Å²) in [7, 11) is 0. The lowest BCUT2D eigenvalue weighted by Gasteiger charge is -2.20. The Kier molecular flexibility index (Phi) is 6.46. The summed E-state index contributed by atoms with van der Waals surface area (Å²) in [6.07, 6.45) is 6.26. The number of hydrogen-bond acceptors (Lipinski definition) is 6. The average Bonchev–Trinajstić information content (AvgIpc) is 2.97. The number of ether oxygens (including phenoxy) is 1. The highest BCUT2D eigenvalue weighted by atomic mass is 16.5. The smallest absolute Gasteiger partial charge is 0.256 e. The van der Waals surface area contributed by atoms with Crippen molar-refractivity contribution in [3.63, 3.8) is 0 Å². The molecular weight excluding hydrogens is 342 g/mol. The Morgan fingerprint density at radius 3 is 2.52 bits per heavy atom. The minimum atomic E-state index is -0.274. The number of aromatic nitrogens is 2. The van der Waals surface area contributed by atoms with Gasteiger partial charge in [-0.3, -0.25) is 4.79 Å². The predicted octanol–water partition coefficient (Wildman–Crippen LogP) is 2.77. The SMILES string of the molecule is CCOc1ccc(CNC(=O)c2cnc(N3CCCCCC3)nc2N)cc1. The van der Waals surface area contributed by atoms with Crippen molar-refractivity contribution in [1.82, 2.24) is 15.3 Å². The van der Waals surface area contributed by atoms with Crippen LogP contribution in [0.3, 0.4) is 0 Å². The lowest BCUT2D eigenvalue weighted by Crippen LogP contribution is -2.28. The highest BCUT2D eigenvalue weighted by Crippen LogP contribution is 2.18. The van der Waals surface area contributed by atoms with Crippen LogP contribution in [0.1, 0.15) is 48.5 Å². The molecule has 7 heteroatoms. The normalized spacial score (nSPS) is 14.5. The zero-order chi connectivity index (χ0) is 19.1. The Labute approximate surface area is 159 Å². The number of anilines is 2. The lowest BCUT2D eigenvalue weighted by molar-refractivity contribution is 0.0951. The van der Waals surface area contributed by atoms with Gasteiger partial charge < -0.3 is 20.7 Å². The Morgan fingerprint density at radius 1 is 1.19 bits per heavy atom. The number of amides is 1. The third kappa shape index (κ3) is 5.09. The van der Waals surface area contributed by atoms with Crippen molar-refractivity contribution in [3.8, 4) is 5.75 Å². The summed E-state index contributed by atoms with van der Waals surface area (Å²) >= 11 is 0. The number of nitrogen functional groups attached to an aromatic ring is 1. The van der Waals surface area contributed by atoms with Gasteiger partial charge in [0.25, 0.3) is 5.91 Å². The molecule has 0 radical (unpaired) electrons. The molecule has 3 rings (SSSR count). The van der Waals surface area contributed by atoms with Gasteiger partial charge in [-0.05, 0) is 37.5 Å². The molecule has 0 atom stereocenters. The molecule has 3 N–H and O–H groups in total. The van der Waals surface area contributed by atoms with E-state index in [4.69, 9.17) is 10.5 Å². The van der Waals surface area contributed by atoms with E-state index < -0.39 is 0 Å². The summed E-state index contributed by atoms with van der Waals surface area (Å²) in [6.45, 7) is 4.84. The van der Waals surface area contributed by atoms with Gasteiger partial charge in [0.05, 0.1) is 12.2 Å². The molecule has 1 fully saturated rings. The molecule has 1 aliphatic rings. The van der Waals surface area contributed by atoms with Crippen LogP contribution < -0.4 is 20.7 Å². The first-order valence-corrected chi connectivity index (χ1v) is 9.54. The van der Waals surface area contributed by atoms with Crippen molar-refractivity contribution in [3.05, 3.63) is 41.6 Å². The van der Waals surface area contributed by atoms with Gasteiger partial charge in [-0.1, -0.05) is 25.0 Å². The Bertz CT molecular complexity index is 755. The summed E-state index contributed by atoms with van der Waals surface area (Å²) in [6, 6.07) is 7.62. The highest BCUT2D eigenvalue weighted by molar-refractivity contribution is 5.98. The number of hydrogen-bond donors (Lipinski definition) is 2. The fourth-order valence-corrected chi connectivity index (χ4v) is 3.13. The van der Waals surface area contributed by atoms with Crippen LogP contribution in [0, 0.1) is 0 Å². The van der Waals surface area contributed by atoms with E-state index in [1.165, 1.54) is 19.0 Å². The standard InChI is InChI=1S/C20H27N5O2/c1-2-27-16-9-7-15(8-10-16)13-22-19(26)17-14-23-20(24-18(17)21)25-11-5-3-4-6-12-25/h7-10,14H,2-6,11-13H2,1H3,(H,22,26)(H2,21,23,24). The van der Waals surface area contributed by atoms with Crippen LogP contribution in [0.5, 0.6) is 5.75 Å². The summed E-state index contributed by atoms with van der Waals surface area (Å²) in [5, 5.41) is 2.86. The molecule has 0 spiro atoms. The molecular formula is C20H27N5O2. The van der Waals surface area contributed by atoms with Crippen molar-refractivity contribution in [2.45, 2.75) is 39.2 Å². The third-order valence-corrected chi connectivity index (χ3v) is 4.63. The second-order valence-corrected chi connectivity index (χ2v) is 6.63. The van der Waals surface area contributed by atoms with Crippen LogP contribution >= 0.6 is 0 Å². The Morgan fingerprint density at radius 2 is 1.89 bits per heavy atom. The second-order valence-electron chi connectivity index (χ2n) is 6.63. The molecule has 1 amide bonds. The van der Waals surface area contributed by atoms with E-state index in [1.807, 2.05) is 31.2 Å². The molecule has 1 saturated heterocycles. The number of nitrogens with one attached hydrogen (secondary N) is 1. The average molecular weight is 369 g/mol. The largest absolute Gasteiger partial charge is 0.494 e. The first kappa shape index (κ1) is 18.9. The van der Waals surface area contributed by atoms with Crippen molar-refractivity contribution in [1.29, 1.82) is 0 Å². The van der Waals surface area contributed by atoms with E-state index in [1.54, 1.807) is 0 Å². The quantitative estimate of drug-likeness (QED) is 0.813. The molecule has 0 bridgehead atoms. The maximum Gasteiger partial charge on any atom is 0.256 e. The minimum Gasteiger partial charge on any atom is -0.494 e. The van der Waals surface area contributed by atoms with Gasteiger partial charge in [-0.2, -0.15) is 4.98 Å². The molecule has 7 nitrogen and oxygen atoms in total. The molecule has 2 aromatic rings. The maximum atomic E-state index is 12.4. The van der Waals surface area contributed by atoms with Gasteiger partial charge in [0.1, 0.15) is 11.6 Å². The Balaban J connectivity index is 1.60. The second kappa shape index (κ2) is 9.21. The maximum absolute atomic E-state index is 12.4. The molecule has 1 aliphatic heterocycles. The molecule has 2 heterocycles. The summed E-state index contributed by atoms with van der Waals surface area (Å²) in [5.41, 5.74) is 7.32. The first-order valence-electron chi connectivity index (χ1n) is 9.54. The van der Waals surface area contributed by atoms with Gasteiger partial charge in [0, 0.05) is 25.8 Å². The molecule has 0 unspecified atom stereocenters. The number of nitrogens with two attached hydrogens (primary N) is 1. The lowest BCUT2D eigenvalue weighted by atomic mass is 10.2. The van der Waals surface area contributed by atoms with Crippen molar-refractivity contribution >= 4 is 17.7 Å². The van der Waals surface area contributed by atoms with E-state index in [0.717, 1.165) is 37.2 Å². The number of nitrogens with zero attached hydrogens (tertiary/aromatic N) is 3. The topological polar surface area (TPSA) is 93.4 Å². The zero-order valence-electron chi connectivity index (χ0n) is 15.8. The summed E-state index contributed by atoms with van der Waals surface area (Å²) < 4.78 is 5.42. The number of benzene rings is 1. The molecule has 144 valence electrons. The van der Waals surface area contributed by atoms with Crippen LogP contribution in [0.4, 0.5) is 11.8 Å². The predicted molar refractivity (Wildman–Crippen MR) is 106 cm³/mol. The van der Waals surface area contributed by atoms with E-state index in [2.05, 4.69) is 20.2 Å². The van der Waals surface area contributed by atoms with Gasteiger partial charge in [0.15, 0.2) is 0 Å². The van der Waals surface area contributed by atoms with Crippen LogP contribution in [0.25, 0.3) is 0 Å². The molecule has 27 heavy (non-hydrogen) atoms. The Hall–Kier alpha value is -2.83. The van der Waals surface area contributed by atoms with Crippen LogP contribution in [-0.2, 0) is 6.54 Å². The van der Waals surface area contributed by atoms with Crippen LogP contribution in [-0.4, -0.2) is 35.6 Å². The molecule has 1 aromatic carbocycles. The van der Waals surface area contributed by atoms with Gasteiger partial charge in [-0.15, -0.1) is 0 Å². The van der Waals surface area contributed by atoms with Crippen molar-refractivity contribution in [2.24, 2.45) is 0 Å². The first-order chi connectivity index (χ1) is 13.2. The summed E-state index contributed by atoms with van der Waals surface area (Å²) in [4.78, 5) is 23.3. The van der Waals surface area contributed by atoms with Gasteiger partial charge in [-0.25, -0.2) is 4.98 Å². The van der Waals surface area contributed by atoms with Gasteiger partial charge in [0.2, 0.25) is 5.95 Å². The van der Waals surface area contributed by atoms with Crippen molar-refractivity contribution in [2.75, 3.05) is 30.3 Å². The monoisotopic (exact) mass is 369 g/mol. The third-order valence-electron chi connectivity index (χ3n) is 4.63. The fourth-order valence-electron chi connectivity index (χ4n) is 3.13. The number of carbonyl (C=O) groups excluding carboxylic acids is 1. The highest BCUT2D eigenvalue weighted by Gasteiger charge is 2.17. The number of carbonyl (C=O) groups is 1. The van der Waals surface area contributed by atoms with Crippen LogP contribution in [0.2, 0.25) is 0 Å². The van der Waals surface area contributed by atoms with Crippen molar-refractivity contribution < 1.29 is 9.53 Å². The van der Waals surface area contributed by atoms with Gasteiger partial charge >= 0.3 is 0 Å². The minimum absolute atomic E-state index is 0.216. The summed E-state index contributed by atoms with van der Waals surface area (Å²) in [5.74, 6) is 1.36. The molecule has 1 aromatic heterocycles. The number of rotatable bonds is 6. The van der Waals surface area contributed by atoms with E-state index in [-0.39, 0.29) is 11.7 Å². The zero-order valence-corrected chi connectivity index (χ0v) is 15.8. The molecule has 0 saturated carbocycles. The van der Waals surface area contributed by atoms with E-state index in [0.29, 0.717) is 24.7 Å². The van der Waals surface area contributed by atoms with E-state index >= 15 is 0 Å². The fraction of sp³-hybridized carbons (Fsp3) is 0.450. The van der Waals surface area contributed by atoms with E-state index in [9.17, 15) is 4.79 Å².